The van der Waals surface area contributed by atoms with Gasteiger partial charge in [-0.2, -0.15) is 0 Å². The van der Waals surface area contributed by atoms with Crippen LogP contribution in [0.2, 0.25) is 0 Å². The topological polar surface area (TPSA) is 122 Å². The van der Waals surface area contributed by atoms with Crippen molar-refractivity contribution in [2.24, 2.45) is 0 Å². The fraction of sp³-hybridized carbons (Fsp3) is 0.500. The number of hydrogen-bond acceptors (Lipinski definition) is 9. The van der Waals surface area contributed by atoms with Crippen LogP contribution in [-0.4, -0.2) is 92.1 Å². The van der Waals surface area contributed by atoms with E-state index >= 15 is 0 Å². The Hall–Kier alpha value is -3.38. The monoisotopic (exact) mass is 642 g/mol. The first-order valence-corrected chi connectivity index (χ1v) is 17.1. The minimum atomic E-state index is -1.15. The Balaban J connectivity index is 1.70. The van der Waals surface area contributed by atoms with Crippen molar-refractivity contribution in [3.8, 4) is 0 Å². The molecule has 0 radical (unpaired) electrons. The van der Waals surface area contributed by atoms with E-state index in [4.69, 9.17) is 0 Å². The predicted molar refractivity (Wildman–Crippen MR) is 176 cm³/mol. The average molecular weight is 643 g/mol. The fourth-order valence-electron chi connectivity index (χ4n) is 5.97. The van der Waals surface area contributed by atoms with Gasteiger partial charge >= 0.3 is 11.9 Å². The van der Waals surface area contributed by atoms with E-state index in [1.807, 2.05) is 67.2 Å². The van der Waals surface area contributed by atoms with E-state index in [0.717, 1.165) is 60.5 Å². The highest BCUT2D eigenvalue weighted by Crippen LogP contribution is 2.46. The average Bonchev–Trinajstić information content (AvgIpc) is 3.72. The molecule has 0 unspecified atom stereocenters. The summed E-state index contributed by atoms with van der Waals surface area (Å²) in [6, 6.07) is 11.1. The first-order chi connectivity index (χ1) is 21.0. The summed E-state index contributed by atoms with van der Waals surface area (Å²) < 4.78 is 0. The zero-order valence-corrected chi connectivity index (χ0v) is 27.5. The molecule has 0 aromatic heterocycles. The van der Waals surface area contributed by atoms with E-state index in [1.54, 1.807) is 12.1 Å². The fourth-order valence-corrected chi connectivity index (χ4v) is 8.36. The Morgan fingerprint density at radius 3 is 1.75 bits per heavy atom. The number of ketones is 1. The van der Waals surface area contributed by atoms with Crippen LogP contribution in [0, 0.1) is 0 Å². The van der Waals surface area contributed by atoms with Crippen LogP contribution in [0.15, 0.2) is 46.2 Å². The largest absolute Gasteiger partial charge is 0.480 e. The smallest absolute Gasteiger partial charge is 0.323 e. The lowest BCUT2D eigenvalue weighted by Gasteiger charge is -2.32. The van der Waals surface area contributed by atoms with Crippen molar-refractivity contribution in [2.75, 3.05) is 56.0 Å². The summed E-state index contributed by atoms with van der Waals surface area (Å²) in [5.74, 6) is -3.57. The lowest BCUT2D eigenvalue weighted by Crippen LogP contribution is -2.45. The number of amides is 1. The first kappa shape index (κ1) is 33.5. The number of carbonyl (C=O) groups is 4. The van der Waals surface area contributed by atoms with E-state index in [9.17, 15) is 29.4 Å². The number of aliphatic carboxylic acids is 2. The van der Waals surface area contributed by atoms with Crippen molar-refractivity contribution in [3.05, 3.63) is 42.0 Å². The zero-order valence-electron chi connectivity index (χ0n) is 25.8. The lowest BCUT2D eigenvalue weighted by molar-refractivity contribution is -0.144. The summed E-state index contributed by atoms with van der Waals surface area (Å²) in [5.41, 5.74) is 2.84. The van der Waals surface area contributed by atoms with Crippen molar-refractivity contribution in [1.82, 2.24) is 4.90 Å². The van der Waals surface area contributed by atoms with Gasteiger partial charge in [-0.3, -0.25) is 19.2 Å². The van der Waals surface area contributed by atoms with Gasteiger partial charge in [0.25, 0.3) is 11.7 Å². The molecule has 4 rings (SSSR count). The SMILES string of the molecule is CN(C)c1ccc(C(=O)C(=O)N(CC(=O)O)C2CCCC2)c(SSc2cc(N(C)C)ccc2N(CC(=O)O)C2CCCC2)c1. The third-order valence-electron chi connectivity index (χ3n) is 8.31. The van der Waals surface area contributed by atoms with Gasteiger partial charge in [-0.15, -0.1) is 0 Å². The molecule has 44 heavy (non-hydrogen) atoms. The minimum absolute atomic E-state index is 0.112. The number of nitrogens with zero attached hydrogens (tertiary/aromatic N) is 4. The molecule has 0 heterocycles. The molecule has 10 nitrogen and oxygen atoms in total. The van der Waals surface area contributed by atoms with Gasteiger partial charge in [0, 0.05) is 67.0 Å². The van der Waals surface area contributed by atoms with Crippen molar-refractivity contribution < 1.29 is 29.4 Å². The first-order valence-electron chi connectivity index (χ1n) is 15.0. The van der Waals surface area contributed by atoms with E-state index in [0.29, 0.717) is 17.7 Å². The molecule has 2 N–H and O–H groups in total. The van der Waals surface area contributed by atoms with Gasteiger partial charge in [-0.1, -0.05) is 47.3 Å². The Kier molecular flexibility index (Phi) is 11.5. The highest BCUT2D eigenvalue weighted by Gasteiger charge is 2.34. The van der Waals surface area contributed by atoms with Gasteiger partial charge in [0.15, 0.2) is 0 Å². The van der Waals surface area contributed by atoms with Crippen LogP contribution in [0.3, 0.4) is 0 Å². The van der Waals surface area contributed by atoms with Gasteiger partial charge in [-0.25, -0.2) is 0 Å². The second-order valence-corrected chi connectivity index (χ2v) is 14.1. The van der Waals surface area contributed by atoms with Crippen molar-refractivity contribution in [2.45, 2.75) is 73.2 Å². The van der Waals surface area contributed by atoms with E-state index in [1.165, 1.54) is 26.5 Å². The molecule has 0 bridgehead atoms. The number of carboxylic acid groups (broad SMARTS) is 2. The molecule has 0 spiro atoms. The number of anilines is 3. The van der Waals surface area contributed by atoms with Gasteiger partial charge in [0.2, 0.25) is 0 Å². The molecule has 2 aromatic rings. The summed E-state index contributed by atoms with van der Waals surface area (Å²) in [6.45, 7) is -0.622. The van der Waals surface area contributed by atoms with E-state index in [-0.39, 0.29) is 24.2 Å². The Morgan fingerprint density at radius 1 is 0.705 bits per heavy atom. The number of carboxylic acids is 2. The number of Topliss-reactive ketones (excluding diaryl/α,β-unsaturated/α-hetero) is 1. The zero-order chi connectivity index (χ0) is 32.0. The predicted octanol–water partition coefficient (Wildman–Crippen LogP) is 5.49. The number of carbonyl (C=O) groups excluding carboxylic acids is 2. The maximum atomic E-state index is 13.8. The molecule has 2 aliphatic rings. The Morgan fingerprint density at radius 2 is 1.20 bits per heavy atom. The Bertz CT molecular complexity index is 1370. The maximum Gasteiger partial charge on any atom is 0.323 e. The van der Waals surface area contributed by atoms with Crippen LogP contribution in [-0.2, 0) is 14.4 Å². The lowest BCUT2D eigenvalue weighted by atomic mass is 10.1. The summed E-state index contributed by atoms with van der Waals surface area (Å²) >= 11 is 0. The molecule has 1 amide bonds. The van der Waals surface area contributed by atoms with E-state index in [2.05, 4.69) is 0 Å². The van der Waals surface area contributed by atoms with Gasteiger partial charge in [-0.05, 0) is 62.1 Å². The summed E-state index contributed by atoms with van der Waals surface area (Å²) in [4.78, 5) is 59.4. The highest BCUT2D eigenvalue weighted by atomic mass is 33.1. The molecular weight excluding hydrogens is 601 g/mol. The van der Waals surface area contributed by atoms with Crippen LogP contribution in [0.5, 0.6) is 0 Å². The standard InChI is InChI=1S/C32H42N4O6S2/c1-33(2)23-13-15-25(31(41)32(42)36(20-30(39)40)22-11-7-8-12-22)27(17-23)43-44-28-18-24(34(3)4)14-16-26(28)35(19-29(37)38)21-9-5-6-10-21/h13-18,21-22H,5-12,19-20H2,1-4H3,(H,37,38)(H,39,40). The van der Waals surface area contributed by atoms with Gasteiger partial charge in [0.1, 0.15) is 13.1 Å². The maximum absolute atomic E-state index is 13.8. The third kappa shape index (κ3) is 8.20. The number of benzene rings is 2. The minimum Gasteiger partial charge on any atom is -0.480 e. The molecule has 12 heteroatoms. The summed E-state index contributed by atoms with van der Waals surface area (Å²) in [7, 11) is 10.4. The van der Waals surface area contributed by atoms with Crippen molar-refractivity contribution in [3.63, 3.8) is 0 Å². The molecule has 0 atom stereocenters. The van der Waals surface area contributed by atoms with Crippen LogP contribution >= 0.6 is 21.6 Å². The molecule has 0 aliphatic heterocycles. The molecule has 2 saturated carbocycles. The summed E-state index contributed by atoms with van der Waals surface area (Å²) in [6.07, 6.45) is 7.13. The van der Waals surface area contributed by atoms with Crippen molar-refractivity contribution in [1.29, 1.82) is 0 Å². The van der Waals surface area contributed by atoms with Crippen molar-refractivity contribution >= 4 is 62.3 Å². The Labute approximate surface area is 267 Å². The van der Waals surface area contributed by atoms with E-state index < -0.39 is 30.2 Å². The third-order valence-corrected chi connectivity index (χ3v) is 10.7. The van der Waals surface area contributed by atoms with Crippen LogP contribution < -0.4 is 14.7 Å². The normalized spacial score (nSPS) is 15.3. The molecule has 2 aromatic carbocycles. The molecule has 2 aliphatic carbocycles. The van der Waals surface area contributed by atoms with Crippen LogP contribution in [0.25, 0.3) is 0 Å². The number of hydrogen-bond donors (Lipinski definition) is 2. The van der Waals surface area contributed by atoms with Gasteiger partial charge in [0.05, 0.1) is 5.69 Å². The van der Waals surface area contributed by atoms with Crippen LogP contribution in [0.4, 0.5) is 17.1 Å². The second kappa shape index (κ2) is 15.1. The second-order valence-electron chi connectivity index (χ2n) is 11.8. The molecule has 2 fully saturated rings. The highest BCUT2D eigenvalue weighted by molar-refractivity contribution is 8.76. The molecule has 238 valence electrons. The summed E-state index contributed by atoms with van der Waals surface area (Å²) in [5, 5.41) is 19.3. The quantitative estimate of drug-likeness (QED) is 0.155. The number of rotatable bonds is 14. The molecule has 0 saturated heterocycles. The van der Waals surface area contributed by atoms with Crippen LogP contribution in [0.1, 0.15) is 61.7 Å². The molecular formula is C32H42N4O6S2. The van der Waals surface area contributed by atoms with Gasteiger partial charge < -0.3 is 29.8 Å².